The summed E-state index contributed by atoms with van der Waals surface area (Å²) in [5.41, 5.74) is 4.99. The van der Waals surface area contributed by atoms with E-state index in [-0.39, 0.29) is 11.6 Å². The van der Waals surface area contributed by atoms with Crippen LogP contribution in [-0.2, 0) is 10.3 Å². The second-order valence-corrected chi connectivity index (χ2v) is 10.1. The van der Waals surface area contributed by atoms with E-state index in [1.807, 2.05) is 43.4 Å². The smallest absolute Gasteiger partial charge is 0.408 e. The topological polar surface area (TPSA) is 68.5 Å². The molecule has 0 unspecified atom stereocenters. The fraction of sp³-hybridized carbons (Fsp3) is 0.276. The molecule has 0 aliphatic heterocycles. The van der Waals surface area contributed by atoms with E-state index in [0.717, 1.165) is 52.9 Å². The minimum atomic E-state index is -0.532. The molecule has 1 aliphatic rings. The van der Waals surface area contributed by atoms with Gasteiger partial charge < -0.3 is 10.1 Å². The van der Waals surface area contributed by atoms with Crippen LogP contribution in [0.4, 0.5) is 4.79 Å². The Morgan fingerprint density at radius 2 is 1.80 bits per heavy atom. The van der Waals surface area contributed by atoms with Gasteiger partial charge in [0, 0.05) is 17.3 Å². The molecule has 0 radical (unpaired) electrons. The van der Waals surface area contributed by atoms with E-state index >= 15 is 0 Å². The highest BCUT2D eigenvalue weighted by Crippen LogP contribution is 2.42. The van der Waals surface area contributed by atoms with Crippen LogP contribution in [0.2, 0.25) is 0 Å². The zero-order valence-electron chi connectivity index (χ0n) is 20.4. The van der Waals surface area contributed by atoms with E-state index in [0.29, 0.717) is 5.78 Å². The second-order valence-electron chi connectivity index (χ2n) is 10.1. The minimum absolute atomic E-state index is 0.378. The Bertz CT molecular complexity index is 1380. The average molecular weight is 467 g/mol. The van der Waals surface area contributed by atoms with Crippen LogP contribution < -0.4 is 5.32 Å². The van der Waals surface area contributed by atoms with Gasteiger partial charge in [-0.25, -0.2) is 14.8 Å². The fourth-order valence-corrected chi connectivity index (χ4v) is 4.59. The highest BCUT2D eigenvalue weighted by molar-refractivity contribution is 5.81. The van der Waals surface area contributed by atoms with Crippen molar-refractivity contribution in [2.45, 2.75) is 51.2 Å². The van der Waals surface area contributed by atoms with Crippen LogP contribution in [0.15, 0.2) is 73.6 Å². The number of imidazole rings is 1. The summed E-state index contributed by atoms with van der Waals surface area (Å²) in [7, 11) is 0. The van der Waals surface area contributed by atoms with Gasteiger partial charge in [0.2, 0.25) is 5.78 Å². The molecule has 0 spiro atoms. The molecule has 6 heteroatoms. The number of fused-ring (bicyclic) bond motifs is 1. The summed E-state index contributed by atoms with van der Waals surface area (Å²) in [4.78, 5) is 21.9. The third kappa shape index (κ3) is 4.44. The molecule has 4 aromatic rings. The summed E-state index contributed by atoms with van der Waals surface area (Å²) in [5, 5.41) is 3.13. The first kappa shape index (κ1) is 22.8. The molecule has 1 aliphatic carbocycles. The normalized spacial score (nSPS) is 14.8. The molecule has 1 N–H and O–H groups in total. The van der Waals surface area contributed by atoms with Crippen LogP contribution in [0, 0.1) is 0 Å². The van der Waals surface area contributed by atoms with E-state index in [1.54, 1.807) is 12.3 Å². The molecule has 0 atom stereocenters. The largest absolute Gasteiger partial charge is 0.444 e. The summed E-state index contributed by atoms with van der Waals surface area (Å²) < 4.78 is 7.48. The first-order valence-corrected chi connectivity index (χ1v) is 12.0. The fourth-order valence-electron chi connectivity index (χ4n) is 4.59. The molecule has 2 aromatic carbocycles. The molecular weight excluding hydrogens is 436 g/mol. The monoisotopic (exact) mass is 466 g/mol. The summed E-state index contributed by atoms with van der Waals surface area (Å²) in [5.74, 6) is 0.626. The Morgan fingerprint density at radius 1 is 1.09 bits per heavy atom. The number of carbonyl (C=O) groups is 1. The van der Waals surface area contributed by atoms with E-state index in [1.165, 1.54) is 0 Å². The number of nitrogens with zero attached hydrogens (tertiary/aromatic N) is 3. The van der Waals surface area contributed by atoms with Gasteiger partial charge in [-0.15, -0.1) is 0 Å². The molecule has 2 heterocycles. The Morgan fingerprint density at radius 3 is 2.40 bits per heavy atom. The lowest BCUT2D eigenvalue weighted by molar-refractivity contribution is 0.0377. The van der Waals surface area contributed by atoms with Gasteiger partial charge in [0.15, 0.2) is 0 Å². The van der Waals surface area contributed by atoms with Crippen molar-refractivity contribution in [3.63, 3.8) is 0 Å². The van der Waals surface area contributed by atoms with Gasteiger partial charge in [0.05, 0.1) is 23.1 Å². The number of hydrogen-bond acceptors (Lipinski definition) is 4. The predicted molar refractivity (Wildman–Crippen MR) is 139 cm³/mol. The average Bonchev–Trinajstić information content (AvgIpc) is 3.22. The van der Waals surface area contributed by atoms with Gasteiger partial charge in [0.1, 0.15) is 5.60 Å². The van der Waals surface area contributed by atoms with Gasteiger partial charge in [-0.3, -0.25) is 4.40 Å². The standard InChI is InChI=1S/C29H30N4O2/c1-5-23-18-30-26-31-25(24(19-33(23)26)20-10-7-6-8-11-20)21-12-14-22(15-13-21)29(16-9-17-29)32-27(34)35-28(2,3)4/h5-8,10-15,18-19H,1,9,16-17H2,2-4H3,(H,32,34). The molecular formula is C29H30N4O2. The zero-order valence-corrected chi connectivity index (χ0v) is 20.4. The van der Waals surface area contributed by atoms with Crippen molar-refractivity contribution in [1.82, 2.24) is 19.7 Å². The van der Waals surface area contributed by atoms with Crippen LogP contribution in [-0.4, -0.2) is 26.1 Å². The van der Waals surface area contributed by atoms with Crippen LogP contribution in [0.3, 0.4) is 0 Å². The van der Waals surface area contributed by atoms with Crippen molar-refractivity contribution in [3.8, 4) is 22.4 Å². The Labute approximate surface area is 205 Å². The van der Waals surface area contributed by atoms with Crippen molar-refractivity contribution in [2.75, 3.05) is 0 Å². The predicted octanol–water partition coefficient (Wildman–Crippen LogP) is 6.61. The summed E-state index contributed by atoms with van der Waals surface area (Å²) in [6.07, 6.45) is 8.10. The molecule has 5 rings (SSSR count). The van der Waals surface area contributed by atoms with Crippen molar-refractivity contribution in [1.29, 1.82) is 0 Å². The van der Waals surface area contributed by atoms with Gasteiger partial charge in [-0.05, 0) is 57.2 Å². The van der Waals surface area contributed by atoms with Gasteiger partial charge in [-0.1, -0.05) is 61.2 Å². The number of ether oxygens (including phenoxy) is 1. The van der Waals surface area contributed by atoms with E-state index < -0.39 is 5.60 Å². The highest BCUT2D eigenvalue weighted by atomic mass is 16.6. The lowest BCUT2D eigenvalue weighted by Gasteiger charge is -2.43. The van der Waals surface area contributed by atoms with Gasteiger partial charge in [0.25, 0.3) is 0 Å². The third-order valence-electron chi connectivity index (χ3n) is 6.48. The summed E-state index contributed by atoms with van der Waals surface area (Å²) in [6.45, 7) is 9.52. The lowest BCUT2D eigenvalue weighted by atomic mass is 9.71. The quantitative estimate of drug-likeness (QED) is 0.359. The summed E-state index contributed by atoms with van der Waals surface area (Å²) in [6, 6.07) is 18.6. The maximum absolute atomic E-state index is 12.5. The van der Waals surface area contributed by atoms with Crippen LogP contribution in [0.1, 0.15) is 51.3 Å². The van der Waals surface area contributed by atoms with Gasteiger partial charge >= 0.3 is 6.09 Å². The molecule has 0 bridgehead atoms. The molecule has 1 fully saturated rings. The molecule has 0 saturated heterocycles. The number of amides is 1. The third-order valence-corrected chi connectivity index (χ3v) is 6.48. The number of carbonyl (C=O) groups excluding carboxylic acids is 1. The number of hydrogen-bond donors (Lipinski definition) is 1. The van der Waals surface area contributed by atoms with E-state index in [9.17, 15) is 4.79 Å². The van der Waals surface area contributed by atoms with Crippen molar-refractivity contribution < 1.29 is 9.53 Å². The number of aromatic nitrogens is 3. The van der Waals surface area contributed by atoms with Crippen molar-refractivity contribution in [2.24, 2.45) is 0 Å². The maximum atomic E-state index is 12.5. The first-order valence-electron chi connectivity index (χ1n) is 12.0. The van der Waals surface area contributed by atoms with Crippen LogP contribution in [0.25, 0.3) is 34.2 Å². The Hall–Kier alpha value is -3.93. The van der Waals surface area contributed by atoms with Crippen LogP contribution in [0.5, 0.6) is 0 Å². The van der Waals surface area contributed by atoms with Gasteiger partial charge in [-0.2, -0.15) is 0 Å². The minimum Gasteiger partial charge on any atom is -0.444 e. The van der Waals surface area contributed by atoms with E-state index in [2.05, 4.69) is 59.5 Å². The summed E-state index contributed by atoms with van der Waals surface area (Å²) >= 11 is 0. The van der Waals surface area contributed by atoms with Crippen LogP contribution >= 0.6 is 0 Å². The number of alkyl carbamates (subject to hydrolysis) is 1. The Kier molecular flexibility index (Phi) is 5.67. The SMILES string of the molecule is C=Cc1cnc2nc(-c3ccc(C4(NC(=O)OC(C)(C)C)CCC4)cc3)c(-c3ccccc3)cn12. The zero-order chi connectivity index (χ0) is 24.6. The number of rotatable bonds is 5. The van der Waals surface area contributed by atoms with Crippen molar-refractivity contribution >= 4 is 17.9 Å². The molecule has 6 nitrogen and oxygen atoms in total. The lowest BCUT2D eigenvalue weighted by Crippen LogP contribution is -2.52. The second kappa shape index (κ2) is 8.69. The Balaban J connectivity index is 1.52. The maximum Gasteiger partial charge on any atom is 0.408 e. The van der Waals surface area contributed by atoms with E-state index in [4.69, 9.17) is 9.72 Å². The molecule has 178 valence electrons. The molecule has 1 saturated carbocycles. The number of nitrogens with one attached hydrogen (secondary N) is 1. The molecule has 1 amide bonds. The van der Waals surface area contributed by atoms with Crippen molar-refractivity contribution in [3.05, 3.63) is 84.8 Å². The molecule has 35 heavy (non-hydrogen) atoms. The molecule has 2 aromatic heterocycles. The number of benzene rings is 2. The highest BCUT2D eigenvalue weighted by Gasteiger charge is 2.41. The first-order chi connectivity index (χ1) is 16.8.